The molecule has 1 aromatic rings. The van der Waals surface area contributed by atoms with E-state index in [-0.39, 0.29) is 6.61 Å². The number of nitrogens with zero attached hydrogens (tertiary/aromatic N) is 4. The number of hydrogen-bond acceptors (Lipinski definition) is 4. The fourth-order valence-corrected chi connectivity index (χ4v) is 2.14. The van der Waals surface area contributed by atoms with Gasteiger partial charge < -0.3 is 9.67 Å². The van der Waals surface area contributed by atoms with Gasteiger partial charge in [-0.25, -0.2) is 0 Å². The first-order chi connectivity index (χ1) is 7.40. The summed E-state index contributed by atoms with van der Waals surface area (Å²) in [7, 11) is 0. The zero-order chi connectivity index (χ0) is 10.5. The molecule has 1 aliphatic heterocycles. The number of hydrogen-bond donors (Lipinski definition) is 1. The van der Waals surface area contributed by atoms with Crippen molar-refractivity contribution in [3.05, 3.63) is 12.7 Å². The predicted octanol–water partition coefficient (Wildman–Crippen LogP) is 0.125. The Labute approximate surface area is 89.7 Å². The first-order valence-electron chi connectivity index (χ1n) is 5.57. The molecule has 0 unspecified atom stereocenters. The normalized spacial score (nSPS) is 23.1. The summed E-state index contributed by atoms with van der Waals surface area (Å²) in [6.07, 6.45) is 7.08. The van der Waals surface area contributed by atoms with Crippen molar-refractivity contribution in [1.82, 2.24) is 19.7 Å². The Hall–Kier alpha value is -0.940. The van der Waals surface area contributed by atoms with Crippen molar-refractivity contribution in [2.75, 3.05) is 19.7 Å². The highest BCUT2D eigenvalue weighted by molar-refractivity contribution is 4.76. The highest BCUT2D eigenvalue weighted by Gasteiger charge is 2.20. The van der Waals surface area contributed by atoms with E-state index in [9.17, 15) is 5.11 Å². The van der Waals surface area contributed by atoms with E-state index in [4.69, 9.17) is 0 Å². The predicted molar refractivity (Wildman–Crippen MR) is 56.3 cm³/mol. The van der Waals surface area contributed by atoms with Crippen LogP contribution in [0.15, 0.2) is 12.7 Å². The van der Waals surface area contributed by atoms with Gasteiger partial charge in [0.25, 0.3) is 0 Å². The molecule has 84 valence electrons. The Bertz CT molecular complexity index is 275. The number of aliphatic hydroxyl groups is 1. The lowest BCUT2D eigenvalue weighted by molar-refractivity contribution is 0.0871. The van der Waals surface area contributed by atoms with E-state index in [1.807, 2.05) is 4.57 Å². The molecule has 1 fully saturated rings. The van der Waals surface area contributed by atoms with E-state index < -0.39 is 0 Å². The molecule has 0 spiro atoms. The molecule has 2 heterocycles. The minimum Gasteiger partial charge on any atom is -0.395 e. The van der Waals surface area contributed by atoms with Crippen molar-refractivity contribution in [1.29, 1.82) is 0 Å². The number of aliphatic hydroxyl groups excluding tert-OH is 1. The van der Waals surface area contributed by atoms with Crippen LogP contribution in [0.1, 0.15) is 19.3 Å². The molecule has 1 aromatic heterocycles. The van der Waals surface area contributed by atoms with E-state index in [0.29, 0.717) is 6.04 Å². The van der Waals surface area contributed by atoms with Crippen LogP contribution in [-0.4, -0.2) is 50.5 Å². The molecule has 15 heavy (non-hydrogen) atoms. The van der Waals surface area contributed by atoms with Crippen LogP contribution in [0.25, 0.3) is 0 Å². The van der Waals surface area contributed by atoms with Crippen LogP contribution >= 0.6 is 0 Å². The highest BCUT2D eigenvalue weighted by atomic mass is 16.3. The molecule has 1 atom stereocenters. The largest absolute Gasteiger partial charge is 0.395 e. The average Bonchev–Trinajstić information content (AvgIpc) is 2.79. The summed E-state index contributed by atoms with van der Waals surface area (Å²) in [6, 6.07) is 0.357. The van der Waals surface area contributed by atoms with Crippen LogP contribution in [0.4, 0.5) is 0 Å². The standard InChI is InChI=1S/C10H18N4O/c15-7-10-3-1-2-4-14(10)6-5-13-8-11-12-9-13/h8-10,15H,1-7H2/t10-/m1/s1. The van der Waals surface area contributed by atoms with Gasteiger partial charge in [-0.2, -0.15) is 0 Å². The monoisotopic (exact) mass is 210 g/mol. The molecule has 2 rings (SSSR count). The van der Waals surface area contributed by atoms with Gasteiger partial charge >= 0.3 is 0 Å². The summed E-state index contributed by atoms with van der Waals surface area (Å²) in [5.74, 6) is 0. The van der Waals surface area contributed by atoms with Crippen LogP contribution < -0.4 is 0 Å². The Balaban J connectivity index is 1.81. The van der Waals surface area contributed by atoms with Crippen molar-refractivity contribution in [3.63, 3.8) is 0 Å². The summed E-state index contributed by atoms with van der Waals surface area (Å²) in [4.78, 5) is 2.36. The van der Waals surface area contributed by atoms with Crippen molar-refractivity contribution in [3.8, 4) is 0 Å². The van der Waals surface area contributed by atoms with Gasteiger partial charge in [0.05, 0.1) is 6.61 Å². The SMILES string of the molecule is OC[C@H]1CCCCN1CCn1cnnc1. The van der Waals surface area contributed by atoms with Crippen LogP contribution in [0, 0.1) is 0 Å². The lowest BCUT2D eigenvalue weighted by Gasteiger charge is -2.34. The van der Waals surface area contributed by atoms with Crippen LogP contribution in [0.2, 0.25) is 0 Å². The van der Waals surface area contributed by atoms with Gasteiger partial charge in [-0.15, -0.1) is 10.2 Å². The zero-order valence-corrected chi connectivity index (χ0v) is 8.92. The van der Waals surface area contributed by atoms with Gasteiger partial charge in [-0.05, 0) is 19.4 Å². The summed E-state index contributed by atoms with van der Waals surface area (Å²) in [5, 5.41) is 16.8. The maximum atomic E-state index is 9.25. The zero-order valence-electron chi connectivity index (χ0n) is 8.92. The lowest BCUT2D eigenvalue weighted by atomic mass is 10.0. The molecule has 0 aromatic carbocycles. The molecular formula is C10H18N4O. The second kappa shape index (κ2) is 5.23. The molecular weight excluding hydrogens is 192 g/mol. The van der Waals surface area contributed by atoms with Gasteiger partial charge in [-0.1, -0.05) is 6.42 Å². The third kappa shape index (κ3) is 2.76. The second-order valence-electron chi connectivity index (χ2n) is 4.07. The number of aromatic nitrogens is 3. The van der Waals surface area contributed by atoms with E-state index in [2.05, 4.69) is 15.1 Å². The summed E-state index contributed by atoms with van der Waals surface area (Å²) in [5.41, 5.74) is 0. The minimum atomic E-state index is 0.280. The average molecular weight is 210 g/mol. The van der Waals surface area contributed by atoms with Gasteiger partial charge in [0.15, 0.2) is 0 Å². The molecule has 1 aliphatic rings. The second-order valence-corrected chi connectivity index (χ2v) is 4.07. The fraction of sp³-hybridized carbons (Fsp3) is 0.800. The first kappa shape index (κ1) is 10.6. The Morgan fingerprint density at radius 2 is 2.00 bits per heavy atom. The quantitative estimate of drug-likeness (QED) is 0.767. The molecule has 5 nitrogen and oxygen atoms in total. The number of likely N-dealkylation sites (tertiary alicyclic amines) is 1. The fourth-order valence-electron chi connectivity index (χ4n) is 2.14. The third-order valence-corrected chi connectivity index (χ3v) is 3.07. The molecule has 0 amide bonds. The van der Waals surface area contributed by atoms with Crippen LogP contribution in [-0.2, 0) is 6.54 Å². The van der Waals surface area contributed by atoms with E-state index >= 15 is 0 Å². The topological polar surface area (TPSA) is 54.2 Å². The van der Waals surface area contributed by atoms with Crippen molar-refractivity contribution in [2.24, 2.45) is 0 Å². The number of rotatable bonds is 4. The van der Waals surface area contributed by atoms with Gasteiger partial charge in [0.2, 0.25) is 0 Å². The molecule has 0 saturated carbocycles. The molecule has 1 N–H and O–H groups in total. The molecule has 0 aliphatic carbocycles. The third-order valence-electron chi connectivity index (χ3n) is 3.07. The van der Waals surface area contributed by atoms with Crippen molar-refractivity contribution < 1.29 is 5.11 Å². The van der Waals surface area contributed by atoms with Crippen molar-refractivity contribution in [2.45, 2.75) is 31.8 Å². The van der Waals surface area contributed by atoms with E-state index in [1.54, 1.807) is 12.7 Å². The minimum absolute atomic E-state index is 0.280. The summed E-state index contributed by atoms with van der Waals surface area (Å²) in [6.45, 7) is 3.27. The first-order valence-corrected chi connectivity index (χ1v) is 5.57. The van der Waals surface area contributed by atoms with Gasteiger partial charge in [0.1, 0.15) is 12.7 Å². The van der Waals surface area contributed by atoms with Gasteiger partial charge in [0, 0.05) is 19.1 Å². The Kier molecular flexibility index (Phi) is 3.69. The Morgan fingerprint density at radius 3 is 2.73 bits per heavy atom. The molecule has 5 heteroatoms. The maximum absolute atomic E-state index is 9.25. The molecule has 1 saturated heterocycles. The maximum Gasteiger partial charge on any atom is 0.119 e. The number of piperidine rings is 1. The lowest BCUT2D eigenvalue weighted by Crippen LogP contribution is -2.43. The molecule has 0 radical (unpaired) electrons. The highest BCUT2D eigenvalue weighted by Crippen LogP contribution is 2.16. The van der Waals surface area contributed by atoms with E-state index in [0.717, 1.165) is 26.1 Å². The summed E-state index contributed by atoms with van der Waals surface area (Å²) >= 11 is 0. The van der Waals surface area contributed by atoms with Crippen LogP contribution in [0.3, 0.4) is 0 Å². The van der Waals surface area contributed by atoms with Crippen molar-refractivity contribution >= 4 is 0 Å². The van der Waals surface area contributed by atoms with E-state index in [1.165, 1.54) is 12.8 Å². The van der Waals surface area contributed by atoms with Crippen LogP contribution in [0.5, 0.6) is 0 Å². The molecule has 0 bridgehead atoms. The smallest absolute Gasteiger partial charge is 0.119 e. The van der Waals surface area contributed by atoms with Gasteiger partial charge in [-0.3, -0.25) is 4.90 Å². The Morgan fingerprint density at radius 1 is 1.20 bits per heavy atom. The summed E-state index contributed by atoms with van der Waals surface area (Å²) < 4.78 is 1.98.